The summed E-state index contributed by atoms with van der Waals surface area (Å²) in [5.41, 5.74) is -3.34. The topological polar surface area (TPSA) is 69.5 Å². The summed E-state index contributed by atoms with van der Waals surface area (Å²) in [7, 11) is 0. The molecule has 1 aromatic carbocycles. The summed E-state index contributed by atoms with van der Waals surface area (Å²) < 4.78 is 82.3. The summed E-state index contributed by atoms with van der Waals surface area (Å²) >= 11 is 0. The highest BCUT2D eigenvalue weighted by molar-refractivity contribution is 6.07. The van der Waals surface area contributed by atoms with Crippen LogP contribution in [0.3, 0.4) is 0 Å². The van der Waals surface area contributed by atoms with Gasteiger partial charge >= 0.3 is 12.4 Å². The van der Waals surface area contributed by atoms with E-state index in [-0.39, 0.29) is 23.0 Å². The van der Waals surface area contributed by atoms with Crippen molar-refractivity contribution in [3.05, 3.63) is 47.3 Å². The second-order valence-electron chi connectivity index (χ2n) is 7.01. The van der Waals surface area contributed by atoms with Gasteiger partial charge in [0.15, 0.2) is 0 Å². The second kappa shape index (κ2) is 7.88. The molecule has 0 unspecified atom stereocenters. The van der Waals surface area contributed by atoms with Crippen LogP contribution in [0, 0.1) is 0 Å². The Morgan fingerprint density at radius 3 is 2.13 bits per heavy atom. The Bertz CT molecular complexity index is 1110. The van der Waals surface area contributed by atoms with Gasteiger partial charge < -0.3 is 10.2 Å². The first-order valence-electron chi connectivity index (χ1n) is 9.33. The summed E-state index contributed by atoms with van der Waals surface area (Å²) in [6.07, 6.45) is -8.35. The minimum absolute atomic E-state index is 0.131. The van der Waals surface area contributed by atoms with Crippen molar-refractivity contribution in [1.82, 2.24) is 14.9 Å². The number of alkyl halides is 6. The number of fused-ring (bicyclic) bond motifs is 3. The first-order chi connectivity index (χ1) is 14.3. The number of hydrogen-bond acceptors (Lipinski definition) is 5. The summed E-state index contributed by atoms with van der Waals surface area (Å²) in [6, 6.07) is 3.02. The third-order valence-corrected chi connectivity index (χ3v) is 5.14. The van der Waals surface area contributed by atoms with Crippen molar-refractivity contribution in [2.24, 2.45) is 0 Å². The Hall–Kier alpha value is -2.50. The van der Waals surface area contributed by atoms with Gasteiger partial charge in [0.1, 0.15) is 0 Å². The summed E-state index contributed by atoms with van der Waals surface area (Å²) in [5, 5.41) is 18.9. The fourth-order valence-corrected chi connectivity index (χ4v) is 3.51. The van der Waals surface area contributed by atoms with Crippen LogP contribution in [0.25, 0.3) is 21.8 Å². The van der Waals surface area contributed by atoms with Crippen LogP contribution in [-0.4, -0.2) is 44.3 Å². The highest BCUT2D eigenvalue weighted by Gasteiger charge is 2.55. The molecule has 0 aliphatic rings. The quantitative estimate of drug-likeness (QED) is 0.346. The number of aliphatic hydroxyl groups is 2. The molecule has 168 valence electrons. The van der Waals surface area contributed by atoms with Crippen molar-refractivity contribution in [2.75, 3.05) is 13.1 Å². The van der Waals surface area contributed by atoms with Crippen LogP contribution < -0.4 is 0 Å². The molecule has 3 aromatic rings. The molecule has 3 rings (SSSR count). The molecule has 11 heteroatoms. The SMILES string of the molecule is CCN(CC)Cc1cnc2c(cc(C(O)(O)C(F)(F)F)c3ncccc32)c1C(F)(F)F. The Morgan fingerprint density at radius 2 is 1.58 bits per heavy atom. The molecule has 2 N–H and O–H groups in total. The number of nitrogens with zero attached hydrogens (tertiary/aromatic N) is 3. The molecule has 0 bridgehead atoms. The number of aromatic nitrogens is 2. The van der Waals surface area contributed by atoms with Gasteiger partial charge in [0.05, 0.1) is 16.6 Å². The molecule has 31 heavy (non-hydrogen) atoms. The fourth-order valence-electron chi connectivity index (χ4n) is 3.51. The largest absolute Gasteiger partial charge is 0.447 e. The van der Waals surface area contributed by atoms with E-state index in [0.717, 1.165) is 12.4 Å². The standard InChI is InChI=1S/C20H19F6N3O2/c1-3-29(4-2)10-11-9-28-16-12-6-5-7-27-17(12)14(18(30,31)20(24,25)26)8-13(16)15(11)19(21,22)23/h5-9,30-31H,3-4,10H2,1-2H3. The predicted octanol–water partition coefficient (Wildman–Crippen LogP) is 4.34. The van der Waals surface area contributed by atoms with E-state index in [2.05, 4.69) is 9.97 Å². The van der Waals surface area contributed by atoms with E-state index in [0.29, 0.717) is 19.2 Å². The molecule has 0 aliphatic carbocycles. The number of benzene rings is 1. The Morgan fingerprint density at radius 1 is 0.935 bits per heavy atom. The minimum atomic E-state index is -5.57. The molecule has 0 fully saturated rings. The lowest BCUT2D eigenvalue weighted by Crippen LogP contribution is -2.42. The molecule has 0 saturated heterocycles. The number of pyridine rings is 2. The highest BCUT2D eigenvalue weighted by Crippen LogP contribution is 2.44. The lowest BCUT2D eigenvalue weighted by molar-refractivity contribution is -0.357. The Labute approximate surface area is 172 Å². The van der Waals surface area contributed by atoms with Crippen molar-refractivity contribution in [1.29, 1.82) is 0 Å². The maximum atomic E-state index is 14.1. The average Bonchev–Trinajstić information content (AvgIpc) is 2.69. The van der Waals surface area contributed by atoms with E-state index in [1.54, 1.807) is 18.7 Å². The third kappa shape index (κ3) is 4.04. The van der Waals surface area contributed by atoms with Gasteiger partial charge in [-0.2, -0.15) is 26.3 Å². The van der Waals surface area contributed by atoms with Crippen LogP contribution in [0.2, 0.25) is 0 Å². The van der Waals surface area contributed by atoms with E-state index in [4.69, 9.17) is 0 Å². The molecule has 2 aromatic heterocycles. The third-order valence-electron chi connectivity index (χ3n) is 5.14. The zero-order chi connectivity index (χ0) is 23.2. The van der Waals surface area contributed by atoms with Crippen LogP contribution in [-0.2, 0) is 18.5 Å². The van der Waals surface area contributed by atoms with Gasteiger partial charge in [-0.3, -0.25) is 14.9 Å². The molecular formula is C20H19F6N3O2. The Kier molecular flexibility index (Phi) is 5.89. The van der Waals surface area contributed by atoms with Gasteiger partial charge in [0, 0.05) is 35.3 Å². The average molecular weight is 447 g/mol. The zero-order valence-electron chi connectivity index (χ0n) is 16.5. The van der Waals surface area contributed by atoms with E-state index in [9.17, 15) is 36.6 Å². The lowest BCUT2D eigenvalue weighted by atomic mass is 9.94. The van der Waals surface area contributed by atoms with Gasteiger partial charge in [-0.05, 0) is 36.9 Å². The Balaban J connectivity index is 2.47. The smallest absolute Gasteiger partial charge is 0.355 e. The first-order valence-corrected chi connectivity index (χ1v) is 9.33. The minimum Gasteiger partial charge on any atom is -0.355 e. The molecule has 0 radical (unpaired) electrons. The van der Waals surface area contributed by atoms with Gasteiger partial charge in [-0.25, -0.2) is 0 Å². The molecule has 0 saturated carbocycles. The first kappa shape index (κ1) is 23.2. The van der Waals surface area contributed by atoms with Crippen molar-refractivity contribution in [3.8, 4) is 0 Å². The van der Waals surface area contributed by atoms with Gasteiger partial charge in [-0.15, -0.1) is 0 Å². The summed E-state index contributed by atoms with van der Waals surface area (Å²) in [4.78, 5) is 9.52. The summed E-state index contributed by atoms with van der Waals surface area (Å²) in [6.45, 7) is 4.29. The molecule has 2 heterocycles. The number of rotatable bonds is 5. The normalized spacial score (nSPS) is 13.5. The van der Waals surface area contributed by atoms with Gasteiger partial charge in [0.25, 0.3) is 5.79 Å². The van der Waals surface area contributed by atoms with Gasteiger partial charge in [0.2, 0.25) is 0 Å². The van der Waals surface area contributed by atoms with E-state index < -0.39 is 40.2 Å². The number of halogens is 6. The van der Waals surface area contributed by atoms with Gasteiger partial charge in [-0.1, -0.05) is 13.8 Å². The van der Waals surface area contributed by atoms with E-state index in [1.165, 1.54) is 12.1 Å². The van der Waals surface area contributed by atoms with Crippen LogP contribution in [0.15, 0.2) is 30.6 Å². The molecular weight excluding hydrogens is 428 g/mol. The molecule has 0 aliphatic heterocycles. The maximum absolute atomic E-state index is 14.1. The monoisotopic (exact) mass is 447 g/mol. The van der Waals surface area contributed by atoms with E-state index >= 15 is 0 Å². The van der Waals surface area contributed by atoms with Crippen LogP contribution in [0.4, 0.5) is 26.3 Å². The maximum Gasteiger partial charge on any atom is 0.447 e. The van der Waals surface area contributed by atoms with Crippen molar-refractivity contribution in [3.63, 3.8) is 0 Å². The van der Waals surface area contributed by atoms with Crippen molar-refractivity contribution >= 4 is 21.8 Å². The molecule has 0 atom stereocenters. The molecule has 5 nitrogen and oxygen atoms in total. The van der Waals surface area contributed by atoms with Crippen molar-refractivity contribution < 1.29 is 36.6 Å². The zero-order valence-corrected chi connectivity index (χ0v) is 16.5. The highest BCUT2D eigenvalue weighted by atomic mass is 19.4. The van der Waals surface area contributed by atoms with Crippen LogP contribution in [0.1, 0.15) is 30.5 Å². The van der Waals surface area contributed by atoms with Crippen LogP contribution >= 0.6 is 0 Å². The van der Waals surface area contributed by atoms with Crippen molar-refractivity contribution in [2.45, 2.75) is 38.5 Å². The van der Waals surface area contributed by atoms with Crippen LogP contribution in [0.5, 0.6) is 0 Å². The summed E-state index contributed by atoms with van der Waals surface area (Å²) in [5.74, 6) is -4.41. The fraction of sp³-hybridized carbons (Fsp3) is 0.400. The molecule has 0 amide bonds. The van der Waals surface area contributed by atoms with E-state index in [1.807, 2.05) is 0 Å². The predicted molar refractivity (Wildman–Crippen MR) is 101 cm³/mol. The molecule has 0 spiro atoms. The number of hydrogen-bond donors (Lipinski definition) is 2. The second-order valence-corrected chi connectivity index (χ2v) is 7.01. The lowest BCUT2D eigenvalue weighted by Gasteiger charge is -2.27.